The predicted molar refractivity (Wildman–Crippen MR) is 104 cm³/mol. The third-order valence-electron chi connectivity index (χ3n) is 7.32. The molecule has 0 saturated heterocycles. The van der Waals surface area contributed by atoms with Crippen molar-refractivity contribution in [3.05, 3.63) is 75.8 Å². The molecule has 0 amide bonds. The number of hydrogen-bond acceptors (Lipinski definition) is 4. The van der Waals surface area contributed by atoms with E-state index in [1.807, 2.05) is 18.2 Å². The second-order valence-corrected chi connectivity index (χ2v) is 8.51. The summed E-state index contributed by atoms with van der Waals surface area (Å²) in [4.78, 5) is 23.5. The van der Waals surface area contributed by atoms with Crippen molar-refractivity contribution in [1.82, 2.24) is 0 Å². The summed E-state index contributed by atoms with van der Waals surface area (Å²) in [5, 5.41) is 10.9. The Hall–Kier alpha value is -2.69. The molecule has 0 spiro atoms. The van der Waals surface area contributed by atoms with Gasteiger partial charge in [0.25, 0.3) is 5.69 Å². The highest BCUT2D eigenvalue weighted by atomic mass is 16.6. The van der Waals surface area contributed by atoms with Crippen LogP contribution < -0.4 is 0 Å². The molecule has 3 fully saturated rings. The van der Waals surface area contributed by atoms with E-state index in [4.69, 9.17) is 4.74 Å². The first-order valence-corrected chi connectivity index (χ1v) is 10.1. The summed E-state index contributed by atoms with van der Waals surface area (Å²) in [6.45, 7) is 0. The Morgan fingerprint density at radius 1 is 1.04 bits per heavy atom. The van der Waals surface area contributed by atoms with Gasteiger partial charge in [-0.1, -0.05) is 36.8 Å². The van der Waals surface area contributed by atoms with Crippen molar-refractivity contribution in [2.75, 3.05) is 0 Å². The number of carbonyl (C=O) groups excluding carboxylic acids is 1. The Balaban J connectivity index is 1.48. The first-order chi connectivity index (χ1) is 13.6. The molecule has 2 aromatic rings. The van der Waals surface area contributed by atoms with E-state index in [9.17, 15) is 14.9 Å². The van der Waals surface area contributed by atoms with Crippen molar-refractivity contribution in [2.24, 2.45) is 23.7 Å². The van der Waals surface area contributed by atoms with Gasteiger partial charge >= 0.3 is 5.97 Å². The fourth-order valence-corrected chi connectivity index (χ4v) is 6.26. The number of hydrogen-bond donors (Lipinski definition) is 0. The normalized spacial score (nSPS) is 32.9. The standard InChI is InChI=1S/C23H23NO4/c25-22(15-9-11-18(12-10-15)24(26)27)28-23(17-5-2-1-3-6-17)14-16-13-21(23)20-8-4-7-19(16)20/h1-3,5-6,9-12,16,19-21H,4,7-8,13-14H2/t16-,19-,20+,21-,23+/m1/s1. The highest BCUT2D eigenvalue weighted by Gasteiger charge is 2.63. The van der Waals surface area contributed by atoms with E-state index < -0.39 is 10.5 Å². The molecule has 5 atom stereocenters. The van der Waals surface area contributed by atoms with Gasteiger partial charge in [-0.25, -0.2) is 4.79 Å². The molecule has 0 unspecified atom stereocenters. The average Bonchev–Trinajstić information content (AvgIpc) is 3.41. The van der Waals surface area contributed by atoms with Gasteiger partial charge in [-0.3, -0.25) is 10.1 Å². The van der Waals surface area contributed by atoms with Crippen LogP contribution in [-0.2, 0) is 10.3 Å². The van der Waals surface area contributed by atoms with Gasteiger partial charge in [0, 0.05) is 18.1 Å². The zero-order valence-electron chi connectivity index (χ0n) is 15.6. The maximum Gasteiger partial charge on any atom is 0.339 e. The third kappa shape index (κ3) is 2.56. The number of fused-ring (bicyclic) bond motifs is 5. The molecule has 5 rings (SSSR count). The number of esters is 1. The lowest BCUT2D eigenvalue weighted by Gasteiger charge is -2.42. The van der Waals surface area contributed by atoms with Gasteiger partial charge in [-0.2, -0.15) is 0 Å². The van der Waals surface area contributed by atoms with Crippen molar-refractivity contribution in [3.63, 3.8) is 0 Å². The average molecular weight is 377 g/mol. The molecule has 0 aromatic heterocycles. The predicted octanol–water partition coefficient (Wildman–Crippen LogP) is 5.10. The van der Waals surface area contributed by atoms with E-state index >= 15 is 0 Å². The minimum atomic E-state index is -0.573. The second kappa shape index (κ2) is 6.43. The monoisotopic (exact) mass is 377 g/mol. The zero-order valence-corrected chi connectivity index (χ0v) is 15.6. The SMILES string of the molecule is O=C(O[C@]1(c2ccccc2)C[C@H]2C[C@@H]1[C@H]1CCC[C@H]21)c1ccc([N+](=O)[O-])cc1. The molecule has 28 heavy (non-hydrogen) atoms. The summed E-state index contributed by atoms with van der Waals surface area (Å²) in [7, 11) is 0. The van der Waals surface area contributed by atoms with E-state index in [2.05, 4.69) is 12.1 Å². The number of nitro benzene ring substituents is 1. The van der Waals surface area contributed by atoms with Crippen molar-refractivity contribution in [1.29, 1.82) is 0 Å². The Morgan fingerprint density at radius 3 is 2.46 bits per heavy atom. The Morgan fingerprint density at radius 2 is 1.75 bits per heavy atom. The molecule has 144 valence electrons. The molecule has 2 bridgehead atoms. The van der Waals surface area contributed by atoms with Gasteiger partial charge in [0.05, 0.1) is 10.5 Å². The van der Waals surface area contributed by atoms with Crippen molar-refractivity contribution >= 4 is 11.7 Å². The number of nitro groups is 1. The van der Waals surface area contributed by atoms with E-state index in [0.29, 0.717) is 23.3 Å². The topological polar surface area (TPSA) is 69.4 Å². The maximum atomic E-state index is 13.0. The van der Waals surface area contributed by atoms with Crippen molar-refractivity contribution < 1.29 is 14.5 Å². The van der Waals surface area contributed by atoms with Crippen LogP contribution in [0.25, 0.3) is 0 Å². The zero-order chi connectivity index (χ0) is 19.3. The number of carbonyl (C=O) groups is 1. The van der Waals surface area contributed by atoms with E-state index in [-0.39, 0.29) is 11.7 Å². The maximum absolute atomic E-state index is 13.0. The van der Waals surface area contributed by atoms with Gasteiger partial charge in [-0.15, -0.1) is 0 Å². The number of non-ortho nitro benzene ring substituents is 1. The summed E-state index contributed by atoms with van der Waals surface area (Å²) in [5.41, 5.74) is 0.855. The Kier molecular flexibility index (Phi) is 4.00. The Labute approximate surface area is 163 Å². The molecular formula is C23H23NO4. The molecule has 2 aromatic carbocycles. The summed E-state index contributed by atoms with van der Waals surface area (Å²) in [5.74, 6) is 2.04. The molecule has 3 aliphatic rings. The first kappa shape index (κ1) is 17.4. The quantitative estimate of drug-likeness (QED) is 0.422. The van der Waals surface area contributed by atoms with Crippen LogP contribution in [0.3, 0.4) is 0 Å². The van der Waals surface area contributed by atoms with Crippen LogP contribution in [0.4, 0.5) is 5.69 Å². The van der Waals surface area contributed by atoms with Crippen LogP contribution in [0.1, 0.15) is 48.0 Å². The van der Waals surface area contributed by atoms with Gasteiger partial charge in [0.1, 0.15) is 5.60 Å². The smallest absolute Gasteiger partial charge is 0.339 e. The highest BCUT2D eigenvalue weighted by Crippen LogP contribution is 2.66. The summed E-state index contributed by atoms with van der Waals surface area (Å²) < 4.78 is 6.30. The fourth-order valence-electron chi connectivity index (χ4n) is 6.26. The summed E-state index contributed by atoms with van der Waals surface area (Å²) >= 11 is 0. The molecule has 0 radical (unpaired) electrons. The van der Waals surface area contributed by atoms with E-state index in [0.717, 1.165) is 24.3 Å². The lowest BCUT2D eigenvalue weighted by atomic mass is 9.70. The van der Waals surface area contributed by atoms with E-state index in [1.54, 1.807) is 0 Å². The van der Waals surface area contributed by atoms with Crippen LogP contribution in [0.15, 0.2) is 54.6 Å². The molecule has 0 aliphatic heterocycles. The molecule has 3 saturated carbocycles. The molecule has 0 N–H and O–H groups in total. The van der Waals surface area contributed by atoms with Crippen molar-refractivity contribution in [2.45, 2.75) is 37.7 Å². The van der Waals surface area contributed by atoms with Crippen LogP contribution >= 0.6 is 0 Å². The lowest BCUT2D eigenvalue weighted by molar-refractivity contribution is -0.384. The van der Waals surface area contributed by atoms with Crippen molar-refractivity contribution in [3.8, 4) is 0 Å². The fraction of sp³-hybridized carbons (Fsp3) is 0.435. The first-order valence-electron chi connectivity index (χ1n) is 10.1. The van der Waals surface area contributed by atoms with Crippen LogP contribution in [-0.4, -0.2) is 10.9 Å². The third-order valence-corrected chi connectivity index (χ3v) is 7.32. The molecule has 0 heterocycles. The molecular weight excluding hydrogens is 354 g/mol. The van der Waals surface area contributed by atoms with Gasteiger partial charge in [-0.05, 0) is 61.1 Å². The number of benzene rings is 2. The van der Waals surface area contributed by atoms with Gasteiger partial charge < -0.3 is 4.74 Å². The lowest BCUT2D eigenvalue weighted by Crippen LogP contribution is -2.43. The minimum absolute atomic E-state index is 0.0250. The molecule has 5 nitrogen and oxygen atoms in total. The summed E-state index contributed by atoms with van der Waals surface area (Å²) in [6, 6.07) is 15.9. The largest absolute Gasteiger partial charge is 0.450 e. The van der Waals surface area contributed by atoms with Crippen LogP contribution in [0.2, 0.25) is 0 Å². The van der Waals surface area contributed by atoms with Crippen LogP contribution in [0.5, 0.6) is 0 Å². The summed E-state index contributed by atoms with van der Waals surface area (Å²) in [6.07, 6.45) is 5.85. The highest BCUT2D eigenvalue weighted by molar-refractivity contribution is 5.90. The molecule has 5 heteroatoms. The minimum Gasteiger partial charge on any atom is -0.450 e. The Bertz CT molecular complexity index is 910. The number of ether oxygens (including phenoxy) is 1. The molecule has 3 aliphatic carbocycles. The number of rotatable bonds is 4. The van der Waals surface area contributed by atoms with E-state index in [1.165, 1.54) is 43.5 Å². The number of nitrogens with zero attached hydrogens (tertiary/aromatic N) is 1. The van der Waals surface area contributed by atoms with Gasteiger partial charge in [0.2, 0.25) is 0 Å². The van der Waals surface area contributed by atoms with Gasteiger partial charge in [0.15, 0.2) is 0 Å². The van der Waals surface area contributed by atoms with Crippen LogP contribution in [0, 0.1) is 33.8 Å². The second-order valence-electron chi connectivity index (χ2n) is 8.51.